The van der Waals surface area contributed by atoms with Crippen LogP contribution in [0.2, 0.25) is 0 Å². The van der Waals surface area contributed by atoms with Crippen LogP contribution in [0.3, 0.4) is 0 Å². The van der Waals surface area contributed by atoms with Gasteiger partial charge in [0.2, 0.25) is 5.91 Å². The van der Waals surface area contributed by atoms with Gasteiger partial charge in [-0.25, -0.2) is 0 Å². The third kappa shape index (κ3) is 3.21. The number of amides is 1. The first-order valence-corrected chi connectivity index (χ1v) is 6.51. The normalized spacial score (nSPS) is 25.4. The topological polar surface area (TPSA) is 55.1 Å². The Kier molecular flexibility index (Phi) is 4.78. The molecule has 16 heavy (non-hydrogen) atoms. The fraction of sp³-hybridized carbons (Fsp3) is 0.923. The van der Waals surface area contributed by atoms with Crippen molar-refractivity contribution in [2.45, 2.75) is 58.9 Å². The number of hydrogen-bond acceptors (Lipinski definition) is 2. The summed E-state index contributed by atoms with van der Waals surface area (Å²) in [5.41, 5.74) is 5.71. The molecule has 0 bridgehead atoms. The molecule has 1 aliphatic carbocycles. The van der Waals surface area contributed by atoms with Crippen molar-refractivity contribution in [2.75, 3.05) is 6.54 Å². The minimum atomic E-state index is 0.172. The molecule has 2 atom stereocenters. The highest BCUT2D eigenvalue weighted by molar-refractivity contribution is 5.80. The maximum absolute atomic E-state index is 12.2. The molecule has 1 aliphatic rings. The molecule has 0 aliphatic heterocycles. The van der Waals surface area contributed by atoms with Crippen molar-refractivity contribution in [1.29, 1.82) is 0 Å². The molecule has 3 heteroatoms. The van der Waals surface area contributed by atoms with Crippen LogP contribution in [0.15, 0.2) is 0 Å². The van der Waals surface area contributed by atoms with Gasteiger partial charge in [0.25, 0.3) is 0 Å². The maximum Gasteiger partial charge on any atom is 0.223 e. The molecule has 1 amide bonds. The summed E-state index contributed by atoms with van der Waals surface area (Å²) in [6, 6.07) is 0.258. The average molecular weight is 226 g/mol. The molecule has 0 radical (unpaired) electrons. The van der Waals surface area contributed by atoms with E-state index in [2.05, 4.69) is 26.1 Å². The zero-order valence-electron chi connectivity index (χ0n) is 10.9. The van der Waals surface area contributed by atoms with Crippen LogP contribution in [0, 0.1) is 11.3 Å². The molecule has 94 valence electrons. The second-order valence-corrected chi connectivity index (χ2v) is 5.62. The summed E-state index contributed by atoms with van der Waals surface area (Å²) in [5.74, 6) is 0.433. The van der Waals surface area contributed by atoms with Crippen molar-refractivity contribution < 1.29 is 4.79 Å². The second-order valence-electron chi connectivity index (χ2n) is 5.62. The number of nitrogens with two attached hydrogens (primary N) is 1. The van der Waals surface area contributed by atoms with Crippen LogP contribution >= 0.6 is 0 Å². The monoisotopic (exact) mass is 226 g/mol. The Morgan fingerprint density at radius 1 is 1.56 bits per heavy atom. The smallest absolute Gasteiger partial charge is 0.223 e. The maximum atomic E-state index is 12.2. The number of carbonyl (C=O) groups is 1. The summed E-state index contributed by atoms with van der Waals surface area (Å²) in [6.07, 6.45) is 5.24. The molecule has 2 unspecified atom stereocenters. The first kappa shape index (κ1) is 13.5. The lowest BCUT2D eigenvalue weighted by Gasteiger charge is -2.28. The highest BCUT2D eigenvalue weighted by Gasteiger charge is 2.39. The molecule has 3 N–H and O–H groups in total. The van der Waals surface area contributed by atoms with Gasteiger partial charge in [-0.05, 0) is 37.6 Å². The van der Waals surface area contributed by atoms with Crippen LogP contribution in [-0.2, 0) is 4.79 Å². The molecule has 1 fully saturated rings. The van der Waals surface area contributed by atoms with Gasteiger partial charge < -0.3 is 11.1 Å². The third-order valence-corrected chi connectivity index (χ3v) is 3.93. The molecule has 0 aromatic heterocycles. The SMILES string of the molecule is CCC(CCN)NC(=O)C1CCCC1(C)C. The van der Waals surface area contributed by atoms with Crippen molar-refractivity contribution in [3.8, 4) is 0 Å². The summed E-state index contributed by atoms with van der Waals surface area (Å²) in [5, 5.41) is 3.15. The molecule has 1 rings (SSSR count). The first-order chi connectivity index (χ1) is 7.51. The van der Waals surface area contributed by atoms with Gasteiger partial charge in [-0.2, -0.15) is 0 Å². The lowest BCUT2D eigenvalue weighted by molar-refractivity contribution is -0.128. The van der Waals surface area contributed by atoms with E-state index in [-0.39, 0.29) is 23.3 Å². The Balaban J connectivity index is 2.51. The fourth-order valence-electron chi connectivity index (χ4n) is 2.69. The zero-order chi connectivity index (χ0) is 12.2. The molecule has 3 nitrogen and oxygen atoms in total. The van der Waals surface area contributed by atoms with Crippen LogP contribution in [0.1, 0.15) is 52.9 Å². The van der Waals surface area contributed by atoms with E-state index in [9.17, 15) is 4.79 Å². The number of nitrogens with one attached hydrogen (secondary N) is 1. The first-order valence-electron chi connectivity index (χ1n) is 6.51. The number of hydrogen-bond donors (Lipinski definition) is 2. The van der Waals surface area contributed by atoms with E-state index in [0.29, 0.717) is 6.54 Å². The van der Waals surface area contributed by atoms with Crippen LogP contribution < -0.4 is 11.1 Å². The highest BCUT2D eigenvalue weighted by Crippen LogP contribution is 2.42. The summed E-state index contributed by atoms with van der Waals surface area (Å²) in [4.78, 5) is 12.2. The van der Waals surface area contributed by atoms with Crippen LogP contribution in [0.5, 0.6) is 0 Å². The van der Waals surface area contributed by atoms with Gasteiger partial charge in [-0.1, -0.05) is 27.2 Å². The van der Waals surface area contributed by atoms with Gasteiger partial charge in [0, 0.05) is 12.0 Å². The molecule has 1 saturated carbocycles. The van der Waals surface area contributed by atoms with Gasteiger partial charge in [0.05, 0.1) is 0 Å². The Hall–Kier alpha value is -0.570. The van der Waals surface area contributed by atoms with Gasteiger partial charge in [-0.15, -0.1) is 0 Å². The van der Waals surface area contributed by atoms with Crippen molar-refractivity contribution in [3.05, 3.63) is 0 Å². The van der Waals surface area contributed by atoms with Crippen molar-refractivity contribution in [3.63, 3.8) is 0 Å². The summed E-state index contributed by atoms with van der Waals surface area (Å²) in [7, 11) is 0. The van der Waals surface area contributed by atoms with E-state index in [0.717, 1.165) is 19.3 Å². The van der Waals surface area contributed by atoms with E-state index >= 15 is 0 Å². The van der Waals surface area contributed by atoms with E-state index < -0.39 is 0 Å². The van der Waals surface area contributed by atoms with E-state index in [1.807, 2.05) is 0 Å². The summed E-state index contributed by atoms with van der Waals surface area (Å²) >= 11 is 0. The van der Waals surface area contributed by atoms with Gasteiger partial charge in [-0.3, -0.25) is 4.79 Å². The lowest BCUT2D eigenvalue weighted by Crippen LogP contribution is -2.42. The van der Waals surface area contributed by atoms with Crippen LogP contribution in [-0.4, -0.2) is 18.5 Å². The predicted molar refractivity (Wildman–Crippen MR) is 67.0 cm³/mol. The molecule has 0 spiro atoms. The predicted octanol–water partition coefficient (Wildman–Crippen LogP) is 2.06. The Morgan fingerprint density at radius 3 is 2.69 bits per heavy atom. The third-order valence-electron chi connectivity index (χ3n) is 3.93. The Bertz CT molecular complexity index is 238. The average Bonchev–Trinajstić information content (AvgIpc) is 2.57. The van der Waals surface area contributed by atoms with Crippen molar-refractivity contribution >= 4 is 5.91 Å². The molecule has 0 aromatic carbocycles. The molecule has 0 aromatic rings. The largest absolute Gasteiger partial charge is 0.353 e. The van der Waals surface area contributed by atoms with Gasteiger partial charge in [0.15, 0.2) is 0 Å². The molecule has 0 saturated heterocycles. The molecular weight excluding hydrogens is 200 g/mol. The van der Waals surface area contributed by atoms with E-state index in [1.54, 1.807) is 0 Å². The number of rotatable bonds is 5. The minimum Gasteiger partial charge on any atom is -0.353 e. The zero-order valence-corrected chi connectivity index (χ0v) is 10.9. The van der Waals surface area contributed by atoms with Gasteiger partial charge in [0.1, 0.15) is 0 Å². The second kappa shape index (κ2) is 5.67. The summed E-state index contributed by atoms with van der Waals surface area (Å²) in [6.45, 7) is 7.15. The molecular formula is C13H26N2O. The summed E-state index contributed by atoms with van der Waals surface area (Å²) < 4.78 is 0. The van der Waals surface area contributed by atoms with Crippen molar-refractivity contribution in [1.82, 2.24) is 5.32 Å². The lowest BCUT2D eigenvalue weighted by atomic mass is 9.81. The Morgan fingerprint density at radius 2 is 2.25 bits per heavy atom. The van der Waals surface area contributed by atoms with Crippen LogP contribution in [0.4, 0.5) is 0 Å². The fourth-order valence-corrected chi connectivity index (χ4v) is 2.69. The quantitative estimate of drug-likeness (QED) is 0.754. The Labute approximate surface area is 99.2 Å². The molecule has 0 heterocycles. The highest BCUT2D eigenvalue weighted by atomic mass is 16.2. The minimum absolute atomic E-state index is 0.172. The van der Waals surface area contributed by atoms with Crippen molar-refractivity contribution in [2.24, 2.45) is 17.1 Å². The standard InChI is InChI=1S/C13H26N2O/c1-4-10(7-9-14)15-12(16)11-6-5-8-13(11,2)3/h10-11H,4-9,14H2,1-3H3,(H,15,16). The van der Waals surface area contributed by atoms with E-state index in [4.69, 9.17) is 5.73 Å². The van der Waals surface area contributed by atoms with Crippen LogP contribution in [0.25, 0.3) is 0 Å². The van der Waals surface area contributed by atoms with E-state index in [1.165, 1.54) is 12.8 Å². The number of carbonyl (C=O) groups excluding carboxylic acids is 1. The van der Waals surface area contributed by atoms with Gasteiger partial charge >= 0.3 is 0 Å².